The van der Waals surface area contributed by atoms with Crippen molar-refractivity contribution >= 4 is 21.7 Å². The van der Waals surface area contributed by atoms with E-state index < -0.39 is 20.5 Å². The van der Waals surface area contributed by atoms with Crippen molar-refractivity contribution < 1.29 is 18.0 Å². The van der Waals surface area contributed by atoms with Crippen molar-refractivity contribution in [3.63, 3.8) is 0 Å². The molecule has 0 aliphatic carbocycles. The van der Waals surface area contributed by atoms with E-state index in [4.69, 9.17) is 0 Å². The molecular weight excluding hydrogens is 328 g/mol. The van der Waals surface area contributed by atoms with Gasteiger partial charge in [0.15, 0.2) is 9.84 Å². The third-order valence-corrected chi connectivity index (χ3v) is 7.75. The minimum absolute atomic E-state index is 0.0152. The molecule has 0 bridgehead atoms. The average molecular weight is 350 g/mol. The van der Waals surface area contributed by atoms with Gasteiger partial charge in [-0.25, -0.2) is 8.42 Å². The zero-order valence-electron chi connectivity index (χ0n) is 13.9. The highest BCUT2D eigenvalue weighted by Gasteiger charge is 2.64. The molecule has 2 fully saturated rings. The van der Waals surface area contributed by atoms with Gasteiger partial charge in [-0.05, 0) is 18.9 Å². The van der Waals surface area contributed by atoms with E-state index >= 15 is 0 Å². The largest absolute Gasteiger partial charge is 0.352 e. The molecular formula is C17H22N2O4S. The molecule has 0 radical (unpaired) electrons. The monoisotopic (exact) mass is 350 g/mol. The van der Waals surface area contributed by atoms with Crippen molar-refractivity contribution in [2.45, 2.75) is 31.6 Å². The van der Waals surface area contributed by atoms with Gasteiger partial charge in [0.2, 0.25) is 11.8 Å². The molecule has 6 nitrogen and oxygen atoms in total. The Hall–Kier alpha value is -1.89. The Morgan fingerprint density at radius 3 is 2.46 bits per heavy atom. The van der Waals surface area contributed by atoms with Crippen molar-refractivity contribution in [1.82, 2.24) is 10.2 Å². The predicted octanol–water partition coefficient (Wildman–Crippen LogP) is 0.647. The number of likely N-dealkylation sites (tertiary alicyclic amines) is 1. The van der Waals surface area contributed by atoms with Gasteiger partial charge < -0.3 is 10.2 Å². The highest BCUT2D eigenvalue weighted by Crippen LogP contribution is 2.44. The Balaban J connectivity index is 1.70. The summed E-state index contributed by atoms with van der Waals surface area (Å²) in [6.45, 7) is 4.05. The van der Waals surface area contributed by atoms with E-state index in [2.05, 4.69) is 5.32 Å². The number of rotatable bonds is 3. The van der Waals surface area contributed by atoms with E-state index in [0.29, 0.717) is 13.0 Å². The highest BCUT2D eigenvalue weighted by atomic mass is 32.2. The van der Waals surface area contributed by atoms with Crippen LogP contribution in [-0.4, -0.2) is 48.7 Å². The Labute approximate surface area is 142 Å². The van der Waals surface area contributed by atoms with Crippen LogP contribution in [-0.2, 0) is 26.0 Å². The summed E-state index contributed by atoms with van der Waals surface area (Å²) in [5, 5.41) is 2.86. The molecule has 130 valence electrons. The minimum Gasteiger partial charge on any atom is -0.352 e. The summed E-state index contributed by atoms with van der Waals surface area (Å²) in [5.41, 5.74) is 2.12. The maximum atomic E-state index is 12.6. The molecule has 1 aromatic carbocycles. The summed E-state index contributed by atoms with van der Waals surface area (Å²) in [6, 6.07) is 7.83. The summed E-state index contributed by atoms with van der Waals surface area (Å²) < 4.78 is 23.8. The number of amides is 2. The molecule has 2 aliphatic heterocycles. The average Bonchev–Trinajstić information content (AvgIpc) is 2.76. The normalized spacial score (nSPS) is 23.8. The zero-order valence-corrected chi connectivity index (χ0v) is 14.7. The number of carbonyl (C=O) groups excluding carboxylic acids is 2. The molecule has 1 N–H and O–H groups in total. The van der Waals surface area contributed by atoms with Crippen LogP contribution in [0.3, 0.4) is 0 Å². The molecule has 1 atom stereocenters. The van der Waals surface area contributed by atoms with Crippen molar-refractivity contribution in [2.75, 3.05) is 18.8 Å². The van der Waals surface area contributed by atoms with Crippen LogP contribution in [0.5, 0.6) is 0 Å². The summed E-state index contributed by atoms with van der Waals surface area (Å²) in [7, 11) is -3.35. The van der Waals surface area contributed by atoms with Gasteiger partial charge in [0, 0.05) is 26.6 Å². The number of benzene rings is 1. The van der Waals surface area contributed by atoms with Gasteiger partial charge in [0.1, 0.15) is 4.75 Å². The van der Waals surface area contributed by atoms with Crippen LogP contribution >= 0.6 is 0 Å². The molecule has 0 saturated carbocycles. The smallest absolute Gasteiger partial charge is 0.225 e. The Morgan fingerprint density at radius 2 is 1.88 bits per heavy atom. The number of nitrogens with zero attached hydrogens (tertiary/aromatic N) is 1. The number of hydrogen-bond acceptors (Lipinski definition) is 4. The third kappa shape index (κ3) is 2.70. The van der Waals surface area contributed by atoms with E-state index in [1.807, 2.05) is 31.2 Å². The second kappa shape index (κ2) is 5.88. The fourth-order valence-electron chi connectivity index (χ4n) is 3.58. The quantitative estimate of drug-likeness (QED) is 0.867. The van der Waals surface area contributed by atoms with Crippen LogP contribution < -0.4 is 5.32 Å². The fraction of sp³-hybridized carbons (Fsp3) is 0.529. The Bertz CT molecular complexity index is 764. The van der Waals surface area contributed by atoms with Gasteiger partial charge in [-0.2, -0.15) is 0 Å². The van der Waals surface area contributed by atoms with Gasteiger partial charge in [-0.1, -0.05) is 29.8 Å². The summed E-state index contributed by atoms with van der Waals surface area (Å²) in [4.78, 5) is 25.5. The number of sulfone groups is 1. The molecule has 3 rings (SSSR count). The van der Waals surface area contributed by atoms with E-state index in [1.165, 1.54) is 11.8 Å². The van der Waals surface area contributed by atoms with E-state index in [0.717, 1.165) is 11.1 Å². The predicted molar refractivity (Wildman–Crippen MR) is 89.9 cm³/mol. The van der Waals surface area contributed by atoms with E-state index in [1.54, 1.807) is 0 Å². The zero-order chi connectivity index (χ0) is 17.5. The lowest BCUT2D eigenvalue weighted by Crippen LogP contribution is -2.69. The molecule has 2 amide bonds. The molecule has 2 saturated heterocycles. The molecule has 7 heteroatoms. The van der Waals surface area contributed by atoms with E-state index in [9.17, 15) is 18.0 Å². The maximum absolute atomic E-state index is 12.6. The lowest BCUT2D eigenvalue weighted by Gasteiger charge is -2.49. The number of nitrogens with one attached hydrogen (secondary N) is 1. The SMILES string of the molecule is CC(=O)N1CC2(C1)C(C(=O)NCc1ccc(C)cc1)CCS2(=O)=O. The first-order valence-electron chi connectivity index (χ1n) is 8.06. The fourth-order valence-corrected chi connectivity index (χ4v) is 5.90. The second-order valence-corrected chi connectivity index (χ2v) is 9.25. The second-order valence-electron chi connectivity index (χ2n) is 6.80. The van der Waals surface area contributed by atoms with Crippen LogP contribution in [0.25, 0.3) is 0 Å². The number of hydrogen-bond donors (Lipinski definition) is 1. The molecule has 2 aliphatic rings. The van der Waals surface area contributed by atoms with Gasteiger partial charge in [-0.15, -0.1) is 0 Å². The van der Waals surface area contributed by atoms with Crippen molar-refractivity contribution in [3.8, 4) is 0 Å². The molecule has 1 unspecified atom stereocenters. The van der Waals surface area contributed by atoms with Gasteiger partial charge in [-0.3, -0.25) is 9.59 Å². The lowest BCUT2D eigenvalue weighted by atomic mass is 9.82. The summed E-state index contributed by atoms with van der Waals surface area (Å²) in [6.07, 6.45) is 0.327. The standard InChI is InChI=1S/C17H22N2O4S/c1-12-3-5-14(6-4-12)9-18-16(21)15-7-8-24(22,23)17(15)10-19(11-17)13(2)20/h3-6,15H,7-11H2,1-2H3,(H,18,21). The first-order valence-corrected chi connectivity index (χ1v) is 9.71. The summed E-state index contributed by atoms with van der Waals surface area (Å²) >= 11 is 0. The third-order valence-electron chi connectivity index (χ3n) is 5.20. The summed E-state index contributed by atoms with van der Waals surface area (Å²) in [5.74, 6) is -0.952. The molecule has 0 aromatic heterocycles. The maximum Gasteiger partial charge on any atom is 0.225 e. The first kappa shape index (κ1) is 17.0. The topological polar surface area (TPSA) is 83.6 Å². The first-order chi connectivity index (χ1) is 11.2. The molecule has 24 heavy (non-hydrogen) atoms. The Kier molecular flexibility index (Phi) is 4.15. The lowest BCUT2D eigenvalue weighted by molar-refractivity contribution is -0.138. The van der Waals surface area contributed by atoms with Gasteiger partial charge in [0.25, 0.3) is 0 Å². The van der Waals surface area contributed by atoms with E-state index in [-0.39, 0.29) is 30.7 Å². The van der Waals surface area contributed by atoms with Crippen LogP contribution in [0.2, 0.25) is 0 Å². The molecule has 1 aromatic rings. The number of carbonyl (C=O) groups is 2. The van der Waals surface area contributed by atoms with Crippen molar-refractivity contribution in [1.29, 1.82) is 0 Å². The minimum atomic E-state index is -3.35. The van der Waals surface area contributed by atoms with Crippen LogP contribution in [0, 0.1) is 12.8 Å². The Morgan fingerprint density at radius 1 is 1.25 bits per heavy atom. The molecule has 1 spiro atoms. The highest BCUT2D eigenvalue weighted by molar-refractivity contribution is 7.93. The van der Waals surface area contributed by atoms with Crippen molar-refractivity contribution in [2.24, 2.45) is 5.92 Å². The van der Waals surface area contributed by atoms with Gasteiger partial charge in [0.05, 0.1) is 11.7 Å². The number of aryl methyl sites for hydroxylation is 1. The van der Waals surface area contributed by atoms with Crippen LogP contribution in [0.15, 0.2) is 24.3 Å². The van der Waals surface area contributed by atoms with Crippen LogP contribution in [0.1, 0.15) is 24.5 Å². The molecule has 2 heterocycles. The van der Waals surface area contributed by atoms with Gasteiger partial charge >= 0.3 is 0 Å². The van der Waals surface area contributed by atoms with Crippen LogP contribution in [0.4, 0.5) is 0 Å². The van der Waals surface area contributed by atoms with Crippen molar-refractivity contribution in [3.05, 3.63) is 35.4 Å².